The normalized spacial score (nSPS) is 18.6. The highest BCUT2D eigenvalue weighted by Crippen LogP contribution is 2.33. The topological polar surface area (TPSA) is 68.0 Å². The molecule has 2 aliphatic heterocycles. The average Bonchev–Trinajstić information content (AvgIpc) is 2.81. The smallest absolute Gasteiger partial charge is 0.134 e. The van der Waals surface area contributed by atoms with E-state index in [0.29, 0.717) is 18.9 Å². The van der Waals surface area contributed by atoms with E-state index in [0.717, 1.165) is 56.7 Å². The number of rotatable bonds is 8. The standard InChI is InChI=1S/C24H29N3O3/c25-17-19-4-1-2-5-23(19)27-12-10-26(11-13-27)9-3-14-29-21-6-7-22-20(18-28)8-15-30-24(22)16-21/h1-2,4-8,15-16,18,20H,3,9-14,17,25H2. The van der Waals surface area contributed by atoms with E-state index in [1.807, 2.05) is 24.3 Å². The summed E-state index contributed by atoms with van der Waals surface area (Å²) in [5, 5.41) is 0. The number of hydrogen-bond acceptors (Lipinski definition) is 6. The number of piperazine rings is 1. The maximum absolute atomic E-state index is 11.2. The molecule has 0 bridgehead atoms. The van der Waals surface area contributed by atoms with Crippen LogP contribution in [-0.4, -0.2) is 50.5 Å². The number of benzene rings is 2. The predicted octanol–water partition coefficient (Wildman–Crippen LogP) is 2.93. The quantitative estimate of drug-likeness (QED) is 0.536. The van der Waals surface area contributed by atoms with E-state index in [1.165, 1.54) is 11.3 Å². The van der Waals surface area contributed by atoms with Crippen LogP contribution in [0, 0.1) is 0 Å². The molecule has 2 N–H and O–H groups in total. The fourth-order valence-corrected chi connectivity index (χ4v) is 4.08. The molecule has 1 atom stereocenters. The number of carbonyl (C=O) groups excluding carboxylic acids is 1. The van der Waals surface area contributed by atoms with Gasteiger partial charge in [0.05, 0.1) is 18.8 Å². The zero-order valence-corrected chi connectivity index (χ0v) is 17.2. The second-order valence-corrected chi connectivity index (χ2v) is 7.67. The molecule has 0 amide bonds. The third-order valence-corrected chi connectivity index (χ3v) is 5.78. The van der Waals surface area contributed by atoms with Crippen LogP contribution in [0.1, 0.15) is 23.5 Å². The highest BCUT2D eigenvalue weighted by molar-refractivity contribution is 5.69. The first-order valence-corrected chi connectivity index (χ1v) is 10.6. The Hall–Kier alpha value is -2.83. The number of para-hydroxylation sites is 1. The Bertz CT molecular complexity index is 891. The van der Waals surface area contributed by atoms with Crippen LogP contribution in [0.25, 0.3) is 0 Å². The van der Waals surface area contributed by atoms with Crippen molar-refractivity contribution in [3.63, 3.8) is 0 Å². The summed E-state index contributed by atoms with van der Waals surface area (Å²) in [6, 6.07) is 14.1. The molecule has 1 fully saturated rings. The summed E-state index contributed by atoms with van der Waals surface area (Å²) in [7, 11) is 0. The van der Waals surface area contributed by atoms with Gasteiger partial charge in [0.25, 0.3) is 0 Å². The third kappa shape index (κ3) is 4.66. The van der Waals surface area contributed by atoms with E-state index in [1.54, 1.807) is 12.3 Å². The zero-order chi connectivity index (χ0) is 20.8. The lowest BCUT2D eigenvalue weighted by Crippen LogP contribution is -2.47. The van der Waals surface area contributed by atoms with Crippen molar-refractivity contribution in [2.24, 2.45) is 5.73 Å². The Labute approximate surface area is 177 Å². The molecule has 4 rings (SSSR count). The molecule has 0 radical (unpaired) electrons. The molecule has 0 aromatic heterocycles. The largest absolute Gasteiger partial charge is 0.493 e. The molecule has 2 aliphatic rings. The van der Waals surface area contributed by atoms with Gasteiger partial charge in [0.2, 0.25) is 0 Å². The molecule has 0 spiro atoms. The number of nitrogens with two attached hydrogens (primary N) is 1. The first kappa shape index (κ1) is 20.4. The first-order chi connectivity index (χ1) is 14.8. The van der Waals surface area contributed by atoms with Gasteiger partial charge in [-0.25, -0.2) is 0 Å². The molecule has 2 aromatic carbocycles. The van der Waals surface area contributed by atoms with Crippen molar-refractivity contribution < 1.29 is 14.3 Å². The number of nitrogens with zero attached hydrogens (tertiary/aromatic N) is 2. The van der Waals surface area contributed by atoms with Gasteiger partial charge in [0.15, 0.2) is 0 Å². The Morgan fingerprint density at radius 3 is 2.77 bits per heavy atom. The number of carbonyl (C=O) groups is 1. The molecule has 1 unspecified atom stereocenters. The van der Waals surface area contributed by atoms with E-state index in [-0.39, 0.29) is 5.92 Å². The number of allylic oxidation sites excluding steroid dienone is 1. The van der Waals surface area contributed by atoms with Crippen LogP contribution in [0.3, 0.4) is 0 Å². The van der Waals surface area contributed by atoms with Gasteiger partial charge in [0, 0.05) is 56.6 Å². The Balaban J connectivity index is 1.21. The summed E-state index contributed by atoms with van der Waals surface area (Å²) in [4.78, 5) is 16.1. The molecule has 0 saturated carbocycles. The van der Waals surface area contributed by atoms with Crippen LogP contribution in [-0.2, 0) is 11.3 Å². The molecular formula is C24H29N3O3. The Kier molecular flexibility index (Phi) is 6.67. The minimum absolute atomic E-state index is 0.238. The van der Waals surface area contributed by atoms with Crippen molar-refractivity contribution in [2.45, 2.75) is 18.9 Å². The highest BCUT2D eigenvalue weighted by Gasteiger charge is 2.19. The van der Waals surface area contributed by atoms with Crippen molar-refractivity contribution in [1.29, 1.82) is 0 Å². The van der Waals surface area contributed by atoms with Gasteiger partial charge >= 0.3 is 0 Å². The monoisotopic (exact) mass is 407 g/mol. The summed E-state index contributed by atoms with van der Waals surface area (Å²) in [6.45, 7) is 6.38. The van der Waals surface area contributed by atoms with Crippen LogP contribution >= 0.6 is 0 Å². The highest BCUT2D eigenvalue weighted by atomic mass is 16.5. The van der Waals surface area contributed by atoms with Crippen molar-refractivity contribution in [3.8, 4) is 11.5 Å². The van der Waals surface area contributed by atoms with Gasteiger partial charge in [-0.1, -0.05) is 24.3 Å². The molecule has 158 valence electrons. The summed E-state index contributed by atoms with van der Waals surface area (Å²) < 4.78 is 11.4. The SMILES string of the molecule is NCc1ccccc1N1CCN(CCCOc2ccc3c(c2)OC=CC3C=O)CC1. The van der Waals surface area contributed by atoms with Crippen molar-refractivity contribution in [3.05, 3.63) is 65.9 Å². The molecule has 6 nitrogen and oxygen atoms in total. The van der Waals surface area contributed by atoms with E-state index in [9.17, 15) is 4.79 Å². The van der Waals surface area contributed by atoms with Gasteiger partial charge in [-0.2, -0.15) is 0 Å². The summed E-state index contributed by atoms with van der Waals surface area (Å²) in [5.41, 5.74) is 9.25. The third-order valence-electron chi connectivity index (χ3n) is 5.78. The summed E-state index contributed by atoms with van der Waals surface area (Å²) >= 11 is 0. The van der Waals surface area contributed by atoms with Gasteiger partial charge in [0.1, 0.15) is 17.8 Å². The maximum Gasteiger partial charge on any atom is 0.134 e. The first-order valence-electron chi connectivity index (χ1n) is 10.6. The summed E-state index contributed by atoms with van der Waals surface area (Å²) in [5.74, 6) is 1.23. The van der Waals surface area contributed by atoms with Crippen LogP contribution < -0.4 is 20.1 Å². The predicted molar refractivity (Wildman–Crippen MR) is 118 cm³/mol. The lowest BCUT2D eigenvalue weighted by molar-refractivity contribution is -0.108. The minimum atomic E-state index is -0.238. The number of fused-ring (bicyclic) bond motifs is 1. The van der Waals surface area contributed by atoms with Gasteiger partial charge in [-0.05, 0) is 30.2 Å². The van der Waals surface area contributed by atoms with Crippen molar-refractivity contribution >= 4 is 12.0 Å². The molecular weight excluding hydrogens is 378 g/mol. The summed E-state index contributed by atoms with van der Waals surface area (Å²) in [6.07, 6.45) is 5.21. The number of aldehydes is 1. The fourth-order valence-electron chi connectivity index (χ4n) is 4.08. The van der Waals surface area contributed by atoms with Crippen LogP contribution in [0.4, 0.5) is 5.69 Å². The van der Waals surface area contributed by atoms with Crippen molar-refractivity contribution in [2.75, 3.05) is 44.2 Å². The lowest BCUT2D eigenvalue weighted by Gasteiger charge is -2.37. The van der Waals surface area contributed by atoms with E-state index >= 15 is 0 Å². The fraction of sp³-hybridized carbons (Fsp3) is 0.375. The maximum atomic E-state index is 11.2. The van der Waals surface area contributed by atoms with E-state index < -0.39 is 0 Å². The van der Waals surface area contributed by atoms with E-state index in [2.05, 4.69) is 28.0 Å². The molecule has 2 heterocycles. The number of hydrogen-bond donors (Lipinski definition) is 1. The second-order valence-electron chi connectivity index (χ2n) is 7.67. The van der Waals surface area contributed by atoms with Crippen LogP contribution in [0.15, 0.2) is 54.8 Å². The molecule has 0 aliphatic carbocycles. The molecule has 2 aromatic rings. The van der Waals surface area contributed by atoms with Gasteiger partial charge in [-0.15, -0.1) is 0 Å². The Morgan fingerprint density at radius 1 is 1.13 bits per heavy atom. The second kappa shape index (κ2) is 9.78. The van der Waals surface area contributed by atoms with Crippen molar-refractivity contribution in [1.82, 2.24) is 4.90 Å². The van der Waals surface area contributed by atoms with Gasteiger partial charge in [-0.3, -0.25) is 4.90 Å². The molecule has 30 heavy (non-hydrogen) atoms. The minimum Gasteiger partial charge on any atom is -0.493 e. The molecule has 1 saturated heterocycles. The van der Waals surface area contributed by atoms with Crippen LogP contribution in [0.2, 0.25) is 0 Å². The van der Waals surface area contributed by atoms with Crippen LogP contribution in [0.5, 0.6) is 11.5 Å². The lowest BCUT2D eigenvalue weighted by atomic mass is 9.98. The zero-order valence-electron chi connectivity index (χ0n) is 17.2. The van der Waals surface area contributed by atoms with E-state index in [4.69, 9.17) is 15.2 Å². The average molecular weight is 408 g/mol. The number of ether oxygens (including phenoxy) is 2. The Morgan fingerprint density at radius 2 is 1.97 bits per heavy atom. The molecule has 6 heteroatoms. The van der Waals surface area contributed by atoms with Gasteiger partial charge < -0.3 is 24.9 Å². The number of anilines is 1.